The van der Waals surface area contributed by atoms with E-state index in [2.05, 4.69) is 0 Å². The molecule has 5 heteroatoms. The van der Waals surface area contributed by atoms with Gasteiger partial charge in [0.25, 0.3) is 0 Å². The van der Waals surface area contributed by atoms with Crippen molar-refractivity contribution in [2.45, 2.75) is 37.6 Å². The lowest BCUT2D eigenvalue weighted by Gasteiger charge is -2.42. The first-order chi connectivity index (χ1) is 6.18. The van der Waals surface area contributed by atoms with Gasteiger partial charge >= 0.3 is 0 Å². The number of aliphatic hydroxyl groups excluding tert-OH is 2. The van der Waals surface area contributed by atoms with Crippen LogP contribution in [0.5, 0.6) is 0 Å². The molecule has 2 fully saturated rings. The Morgan fingerprint density at radius 1 is 1.15 bits per heavy atom. The molecule has 2 rings (SSSR count). The Balaban J connectivity index is 2.04. The second kappa shape index (κ2) is 3.51. The normalized spacial score (nSPS) is 51.5. The number of aliphatic hydroxyl groups is 2. The van der Waals surface area contributed by atoms with E-state index >= 15 is 0 Å². The van der Waals surface area contributed by atoms with E-state index in [-0.39, 0.29) is 19.0 Å². The third-order valence-electron chi connectivity index (χ3n) is 2.42. The number of fused-ring (bicyclic) bond motifs is 1. The molecule has 13 heavy (non-hydrogen) atoms. The van der Waals surface area contributed by atoms with Crippen molar-refractivity contribution in [2.75, 3.05) is 13.2 Å². The Labute approximate surface area is 76.2 Å². The molecule has 0 saturated carbocycles. The Morgan fingerprint density at radius 3 is 2.69 bits per heavy atom. The molecule has 0 bridgehead atoms. The molecule has 5 unspecified atom stereocenters. The Bertz CT molecular complexity index is 181. The van der Waals surface area contributed by atoms with E-state index in [0.717, 1.165) is 0 Å². The van der Waals surface area contributed by atoms with Crippen LogP contribution in [0, 0.1) is 0 Å². The second-order valence-corrected chi connectivity index (χ2v) is 3.43. The zero-order chi connectivity index (χ0) is 9.42. The number of hydrogen-bond acceptors (Lipinski definition) is 5. The lowest BCUT2D eigenvalue weighted by molar-refractivity contribution is -0.305. The monoisotopic (exact) mass is 190 g/mol. The van der Waals surface area contributed by atoms with Gasteiger partial charge in [-0.15, -0.1) is 0 Å². The summed E-state index contributed by atoms with van der Waals surface area (Å²) in [5.41, 5.74) is 0. The fraction of sp³-hybridized carbons (Fsp3) is 1.00. The van der Waals surface area contributed by atoms with Crippen molar-refractivity contribution in [1.29, 1.82) is 0 Å². The van der Waals surface area contributed by atoms with Crippen LogP contribution in [0.3, 0.4) is 0 Å². The summed E-state index contributed by atoms with van der Waals surface area (Å²) in [6, 6.07) is 0. The van der Waals surface area contributed by atoms with Crippen LogP contribution >= 0.6 is 0 Å². The van der Waals surface area contributed by atoms with E-state index in [1.165, 1.54) is 0 Å². The topological polar surface area (TPSA) is 68.2 Å². The van der Waals surface area contributed by atoms with Gasteiger partial charge in [0.2, 0.25) is 0 Å². The minimum absolute atomic E-state index is 0.142. The summed E-state index contributed by atoms with van der Waals surface area (Å²) >= 11 is 0. The van der Waals surface area contributed by atoms with Gasteiger partial charge in [0.1, 0.15) is 24.4 Å². The van der Waals surface area contributed by atoms with Gasteiger partial charge in [-0.05, 0) is 6.92 Å². The fourth-order valence-corrected chi connectivity index (χ4v) is 1.66. The molecule has 2 aliphatic rings. The molecule has 76 valence electrons. The smallest absolute Gasteiger partial charge is 0.155 e. The van der Waals surface area contributed by atoms with Crippen LogP contribution in [-0.2, 0) is 14.2 Å². The highest BCUT2D eigenvalue weighted by molar-refractivity contribution is 4.89. The van der Waals surface area contributed by atoms with Crippen molar-refractivity contribution in [3.63, 3.8) is 0 Å². The summed E-state index contributed by atoms with van der Waals surface area (Å²) in [7, 11) is 0. The van der Waals surface area contributed by atoms with Crippen LogP contribution in [0.15, 0.2) is 0 Å². The summed E-state index contributed by atoms with van der Waals surface area (Å²) < 4.78 is 15.8. The predicted octanol–water partition coefficient (Wildman–Crippen LogP) is -1.13. The maximum Gasteiger partial charge on any atom is 0.155 e. The molecule has 0 radical (unpaired) electrons. The maximum atomic E-state index is 9.58. The summed E-state index contributed by atoms with van der Waals surface area (Å²) in [6.07, 6.45) is -2.79. The first-order valence-corrected chi connectivity index (χ1v) is 4.43. The number of rotatable bonds is 0. The predicted molar refractivity (Wildman–Crippen MR) is 42.0 cm³/mol. The molecular formula is C8H14O5. The van der Waals surface area contributed by atoms with Crippen molar-refractivity contribution in [2.24, 2.45) is 0 Å². The van der Waals surface area contributed by atoms with Crippen LogP contribution in [0.25, 0.3) is 0 Å². The van der Waals surface area contributed by atoms with Crippen molar-refractivity contribution >= 4 is 0 Å². The van der Waals surface area contributed by atoms with Gasteiger partial charge < -0.3 is 24.4 Å². The van der Waals surface area contributed by atoms with Crippen molar-refractivity contribution in [3.05, 3.63) is 0 Å². The molecule has 5 nitrogen and oxygen atoms in total. The Kier molecular flexibility index (Phi) is 2.53. The zero-order valence-corrected chi connectivity index (χ0v) is 7.42. The average molecular weight is 190 g/mol. The average Bonchev–Trinajstić information content (AvgIpc) is 2.12. The molecule has 0 aliphatic carbocycles. The van der Waals surface area contributed by atoms with Gasteiger partial charge in [0, 0.05) is 0 Å². The SMILES string of the molecule is CC1OCC2OCC(O)C(O)C2O1. The molecule has 2 aliphatic heterocycles. The first-order valence-electron chi connectivity index (χ1n) is 4.43. The molecular weight excluding hydrogens is 176 g/mol. The van der Waals surface area contributed by atoms with Crippen molar-refractivity contribution in [3.8, 4) is 0 Å². The van der Waals surface area contributed by atoms with Crippen LogP contribution in [0.4, 0.5) is 0 Å². The number of ether oxygens (including phenoxy) is 3. The summed E-state index contributed by atoms with van der Waals surface area (Å²) in [4.78, 5) is 0. The molecule has 0 spiro atoms. The van der Waals surface area contributed by atoms with E-state index in [1.54, 1.807) is 6.92 Å². The summed E-state index contributed by atoms with van der Waals surface area (Å²) in [5, 5.41) is 18.9. The highest BCUT2D eigenvalue weighted by Gasteiger charge is 2.43. The lowest BCUT2D eigenvalue weighted by atomic mass is 10.00. The van der Waals surface area contributed by atoms with Gasteiger partial charge in [-0.1, -0.05) is 0 Å². The Morgan fingerprint density at radius 2 is 1.92 bits per heavy atom. The second-order valence-electron chi connectivity index (χ2n) is 3.43. The van der Waals surface area contributed by atoms with E-state index in [4.69, 9.17) is 14.2 Å². The maximum absolute atomic E-state index is 9.58. The standard InChI is InChI=1S/C8H14O5/c1-4-11-3-6-8(13-4)7(10)5(9)2-12-6/h4-10H,2-3H2,1H3. The third kappa shape index (κ3) is 1.70. The van der Waals surface area contributed by atoms with E-state index in [0.29, 0.717) is 6.61 Å². The van der Waals surface area contributed by atoms with Crippen LogP contribution in [0.2, 0.25) is 0 Å². The minimum Gasteiger partial charge on any atom is -0.388 e. The van der Waals surface area contributed by atoms with Gasteiger partial charge in [0.15, 0.2) is 6.29 Å². The molecule has 0 aromatic rings. The number of hydrogen-bond donors (Lipinski definition) is 2. The third-order valence-corrected chi connectivity index (χ3v) is 2.42. The molecule has 5 atom stereocenters. The van der Waals surface area contributed by atoms with Crippen LogP contribution in [-0.4, -0.2) is 54.1 Å². The summed E-state index contributed by atoms with van der Waals surface area (Å²) in [5.74, 6) is 0. The van der Waals surface area contributed by atoms with E-state index in [9.17, 15) is 10.2 Å². The highest BCUT2D eigenvalue weighted by atomic mass is 16.7. The molecule has 2 N–H and O–H groups in total. The van der Waals surface area contributed by atoms with Gasteiger partial charge in [-0.25, -0.2) is 0 Å². The summed E-state index contributed by atoms with van der Waals surface area (Å²) in [6.45, 7) is 2.31. The lowest BCUT2D eigenvalue weighted by Crippen LogP contribution is -2.59. The quantitative estimate of drug-likeness (QED) is 0.506. The van der Waals surface area contributed by atoms with Crippen LogP contribution in [0.1, 0.15) is 6.92 Å². The van der Waals surface area contributed by atoms with E-state index in [1.807, 2.05) is 0 Å². The molecule has 0 aromatic carbocycles. The molecule has 2 heterocycles. The van der Waals surface area contributed by atoms with Crippen LogP contribution < -0.4 is 0 Å². The minimum atomic E-state index is -0.870. The first kappa shape index (κ1) is 9.36. The van der Waals surface area contributed by atoms with Gasteiger partial charge in [-0.3, -0.25) is 0 Å². The van der Waals surface area contributed by atoms with Gasteiger partial charge in [-0.2, -0.15) is 0 Å². The molecule has 2 saturated heterocycles. The van der Waals surface area contributed by atoms with Crippen molar-refractivity contribution in [1.82, 2.24) is 0 Å². The molecule has 0 amide bonds. The highest BCUT2D eigenvalue weighted by Crippen LogP contribution is 2.24. The Hall–Kier alpha value is -0.200. The largest absolute Gasteiger partial charge is 0.388 e. The van der Waals surface area contributed by atoms with E-state index < -0.39 is 18.3 Å². The fourth-order valence-electron chi connectivity index (χ4n) is 1.66. The van der Waals surface area contributed by atoms with Gasteiger partial charge in [0.05, 0.1) is 13.2 Å². The molecule has 0 aromatic heterocycles. The van der Waals surface area contributed by atoms with Crippen molar-refractivity contribution < 1.29 is 24.4 Å². The zero-order valence-electron chi connectivity index (χ0n) is 7.42.